The third-order valence-corrected chi connectivity index (χ3v) is 13.2. The Hall–Kier alpha value is -4.86. The average Bonchev–Trinajstić information content (AvgIpc) is 3.54. The number of halogens is 1. The van der Waals surface area contributed by atoms with Crippen molar-refractivity contribution in [3.05, 3.63) is 76.9 Å². The van der Waals surface area contributed by atoms with Crippen molar-refractivity contribution in [1.82, 2.24) is 20.1 Å². The zero-order chi connectivity index (χ0) is 38.8. The van der Waals surface area contributed by atoms with Gasteiger partial charge in [-0.05, 0) is 105 Å². The van der Waals surface area contributed by atoms with Gasteiger partial charge in [-0.25, -0.2) is 4.98 Å². The lowest BCUT2D eigenvalue weighted by molar-refractivity contribution is -0.133. The van der Waals surface area contributed by atoms with Gasteiger partial charge in [-0.2, -0.15) is 5.26 Å². The summed E-state index contributed by atoms with van der Waals surface area (Å²) in [6.07, 6.45) is 7.96. The smallest absolute Gasteiger partial charge is 0.255 e. The monoisotopic (exact) mass is 777 g/mol. The predicted octanol–water partition coefficient (Wildman–Crippen LogP) is 5.38. The summed E-state index contributed by atoms with van der Waals surface area (Å²) in [6, 6.07) is 20.1. The predicted molar refractivity (Wildman–Crippen MR) is 219 cm³/mol. The van der Waals surface area contributed by atoms with Gasteiger partial charge in [-0.3, -0.25) is 24.6 Å². The van der Waals surface area contributed by atoms with E-state index in [0.717, 1.165) is 120 Å². The van der Waals surface area contributed by atoms with Crippen molar-refractivity contribution >= 4 is 52.2 Å². The van der Waals surface area contributed by atoms with E-state index in [1.54, 1.807) is 6.20 Å². The Labute approximate surface area is 334 Å². The summed E-state index contributed by atoms with van der Waals surface area (Å²) in [5.41, 5.74) is 4.54. The number of aromatic nitrogens is 1. The second-order valence-electron chi connectivity index (χ2n) is 16.6. The molecule has 12 nitrogen and oxygen atoms in total. The highest BCUT2D eigenvalue weighted by Gasteiger charge is 2.44. The van der Waals surface area contributed by atoms with Crippen LogP contribution in [0.15, 0.2) is 60.8 Å². The van der Waals surface area contributed by atoms with Gasteiger partial charge >= 0.3 is 0 Å². The fourth-order valence-electron chi connectivity index (χ4n) is 9.59. The Morgan fingerprint density at radius 2 is 1.73 bits per heavy atom. The number of benzene rings is 2. The minimum atomic E-state index is -0.392. The maximum atomic E-state index is 13.5. The summed E-state index contributed by atoms with van der Waals surface area (Å²) >= 11 is 6.38. The molecule has 1 unspecified atom stereocenters. The normalized spacial score (nSPS) is 23.3. The van der Waals surface area contributed by atoms with Crippen LogP contribution in [0, 0.1) is 22.7 Å². The Morgan fingerprint density at radius 1 is 0.946 bits per heavy atom. The van der Waals surface area contributed by atoms with Crippen molar-refractivity contribution in [3.63, 3.8) is 0 Å². The van der Waals surface area contributed by atoms with Crippen molar-refractivity contribution in [3.8, 4) is 6.07 Å². The molecule has 5 saturated heterocycles. The van der Waals surface area contributed by atoms with Gasteiger partial charge in [0, 0.05) is 101 Å². The van der Waals surface area contributed by atoms with Crippen LogP contribution >= 0.6 is 11.6 Å². The number of hydrogen-bond donors (Lipinski definition) is 2. The second-order valence-corrected chi connectivity index (χ2v) is 17.0. The molecule has 13 heteroatoms. The Bertz CT molecular complexity index is 1960. The van der Waals surface area contributed by atoms with Crippen LogP contribution in [-0.4, -0.2) is 110 Å². The van der Waals surface area contributed by atoms with E-state index in [1.165, 1.54) is 0 Å². The molecule has 0 saturated carbocycles. The maximum Gasteiger partial charge on any atom is 0.255 e. The lowest BCUT2D eigenvalue weighted by Crippen LogP contribution is -2.49. The highest BCUT2D eigenvalue weighted by Crippen LogP contribution is 2.46. The molecule has 56 heavy (non-hydrogen) atoms. The van der Waals surface area contributed by atoms with E-state index in [1.807, 2.05) is 47.4 Å². The molecule has 1 spiro atoms. The molecule has 8 rings (SSSR count). The molecular formula is C43H52ClN9O3. The third-order valence-electron chi connectivity index (χ3n) is 12.9. The summed E-state index contributed by atoms with van der Waals surface area (Å²) in [7, 11) is 0. The Balaban J connectivity index is 0.762. The summed E-state index contributed by atoms with van der Waals surface area (Å²) < 4.78 is 0. The van der Waals surface area contributed by atoms with Gasteiger partial charge < -0.3 is 24.9 Å². The third kappa shape index (κ3) is 8.30. The van der Waals surface area contributed by atoms with Crippen molar-refractivity contribution in [2.45, 2.75) is 64.0 Å². The standard InChI is InChI=1S/C43H52ClN9O3/c1-30-25-43(29-53(30)36-7-5-32(26-45)37(44)24-36)13-17-51(18-14-43)39-9-6-33(27-46-39)42(56)52-15-11-31(12-16-52)28-49-19-21-50(22-20-49)35-4-2-3-34(23-35)47-38-8-10-40(54)48-41(38)55/h2-7,9,23-24,27,30-31,38,47H,8,10-22,25,28-29H2,1H3,(H,48,54,55)/t30-,38?/m0/s1. The highest BCUT2D eigenvalue weighted by molar-refractivity contribution is 6.32. The van der Waals surface area contributed by atoms with Gasteiger partial charge in [0.15, 0.2) is 0 Å². The molecule has 294 valence electrons. The van der Waals surface area contributed by atoms with Crippen LogP contribution in [-0.2, 0) is 9.59 Å². The number of nitrogens with one attached hydrogen (secondary N) is 2. The van der Waals surface area contributed by atoms with Gasteiger partial charge in [0.05, 0.1) is 16.1 Å². The van der Waals surface area contributed by atoms with E-state index >= 15 is 0 Å². The molecule has 2 aromatic carbocycles. The van der Waals surface area contributed by atoms with Gasteiger partial charge in [0.1, 0.15) is 17.9 Å². The molecule has 5 fully saturated rings. The number of pyridine rings is 1. The lowest BCUT2D eigenvalue weighted by Gasteiger charge is -2.40. The molecule has 5 aliphatic heterocycles. The highest BCUT2D eigenvalue weighted by atomic mass is 35.5. The zero-order valence-corrected chi connectivity index (χ0v) is 33.0. The first kappa shape index (κ1) is 38.0. The van der Waals surface area contributed by atoms with Crippen LogP contribution in [0.1, 0.15) is 67.8 Å². The topological polar surface area (TPSA) is 128 Å². The molecular weight excluding hydrogens is 726 g/mol. The fraction of sp³-hybridized carbons (Fsp3) is 0.512. The Morgan fingerprint density at radius 3 is 2.43 bits per heavy atom. The average molecular weight is 778 g/mol. The van der Waals surface area contributed by atoms with E-state index in [2.05, 4.69) is 55.4 Å². The molecule has 0 bridgehead atoms. The van der Waals surface area contributed by atoms with Crippen molar-refractivity contribution < 1.29 is 14.4 Å². The molecule has 1 aromatic heterocycles. The minimum absolute atomic E-state index is 0.0750. The van der Waals surface area contributed by atoms with Crippen molar-refractivity contribution in [2.24, 2.45) is 11.3 Å². The first-order valence-electron chi connectivity index (χ1n) is 20.3. The number of nitrogens with zero attached hydrogens (tertiary/aromatic N) is 7. The fourth-order valence-corrected chi connectivity index (χ4v) is 9.81. The van der Waals surface area contributed by atoms with Crippen molar-refractivity contribution in [2.75, 3.05) is 85.5 Å². The van der Waals surface area contributed by atoms with Crippen LogP contribution in [0.3, 0.4) is 0 Å². The zero-order valence-electron chi connectivity index (χ0n) is 32.3. The second kappa shape index (κ2) is 16.3. The van der Waals surface area contributed by atoms with E-state index in [0.29, 0.717) is 41.0 Å². The van der Waals surface area contributed by atoms with E-state index < -0.39 is 6.04 Å². The number of piperidine rings is 3. The van der Waals surface area contributed by atoms with E-state index in [9.17, 15) is 19.6 Å². The number of amides is 3. The number of rotatable bonds is 8. The number of hydrogen-bond acceptors (Lipinski definition) is 10. The van der Waals surface area contributed by atoms with Gasteiger partial charge in [0.2, 0.25) is 11.8 Å². The molecule has 5 aliphatic rings. The number of anilines is 4. The number of imide groups is 1. The van der Waals surface area contributed by atoms with Crippen molar-refractivity contribution in [1.29, 1.82) is 5.26 Å². The Kier molecular flexibility index (Phi) is 11.1. The number of carbonyl (C=O) groups is 3. The molecule has 3 amide bonds. The summed E-state index contributed by atoms with van der Waals surface area (Å²) in [6.45, 7) is 11.6. The molecule has 2 atom stereocenters. The quantitative estimate of drug-likeness (QED) is 0.288. The minimum Gasteiger partial charge on any atom is -0.374 e. The van der Waals surface area contributed by atoms with Crippen LogP contribution in [0.4, 0.5) is 22.9 Å². The number of piperazine rings is 1. The number of carbonyl (C=O) groups excluding carboxylic acids is 3. The summed E-state index contributed by atoms with van der Waals surface area (Å²) in [4.78, 5) is 53.8. The number of nitriles is 1. The van der Waals surface area contributed by atoms with Gasteiger partial charge in [0.25, 0.3) is 5.91 Å². The molecule has 0 aliphatic carbocycles. The summed E-state index contributed by atoms with van der Waals surface area (Å²) in [5.74, 6) is 1.12. The van der Waals surface area contributed by atoms with Gasteiger partial charge in [-0.15, -0.1) is 0 Å². The summed E-state index contributed by atoms with van der Waals surface area (Å²) in [5, 5.41) is 15.5. The van der Waals surface area contributed by atoms with Gasteiger partial charge in [-0.1, -0.05) is 17.7 Å². The van der Waals surface area contributed by atoms with E-state index in [-0.39, 0.29) is 23.1 Å². The van der Waals surface area contributed by atoms with E-state index in [4.69, 9.17) is 16.6 Å². The number of likely N-dealkylation sites (tertiary alicyclic amines) is 1. The largest absolute Gasteiger partial charge is 0.374 e. The maximum absolute atomic E-state index is 13.5. The SMILES string of the molecule is C[C@H]1CC2(CCN(c3ccc(C(=O)N4CCC(CN5CCN(c6cccc(NC7CCC(=O)NC7=O)c6)CC5)CC4)cn3)CC2)CN1c1ccc(C#N)c(Cl)c1. The molecule has 6 heterocycles. The molecule has 0 radical (unpaired) electrons. The first-order valence-corrected chi connectivity index (χ1v) is 20.7. The van der Waals surface area contributed by atoms with Crippen LogP contribution in [0.2, 0.25) is 5.02 Å². The van der Waals surface area contributed by atoms with Crippen LogP contribution in [0.5, 0.6) is 0 Å². The lowest BCUT2D eigenvalue weighted by atomic mass is 9.77. The molecule has 2 N–H and O–H groups in total. The van der Waals surface area contributed by atoms with Crippen LogP contribution in [0.25, 0.3) is 0 Å². The first-order chi connectivity index (χ1) is 27.1. The van der Waals surface area contributed by atoms with Crippen LogP contribution < -0.4 is 25.3 Å². The molecule has 3 aromatic rings.